The number of esters is 6. The maximum absolute atomic E-state index is 11.9. The zero-order chi connectivity index (χ0) is 41.0. The summed E-state index contributed by atoms with van der Waals surface area (Å²) in [5.41, 5.74) is 0. The average Bonchev–Trinajstić information content (AvgIpc) is 3.14. The molecule has 304 valence electrons. The third kappa shape index (κ3) is 35.1. The van der Waals surface area contributed by atoms with Gasteiger partial charge >= 0.3 is 47.8 Å². The van der Waals surface area contributed by atoms with Gasteiger partial charge in [0.15, 0.2) is 0 Å². The minimum absolute atomic E-state index is 0.117. The molecule has 54 heavy (non-hydrogen) atoms. The summed E-state index contributed by atoms with van der Waals surface area (Å²) in [5.74, 6) is -4.35. The minimum Gasteiger partial charge on any atom is -0.481 e. The van der Waals surface area contributed by atoms with Crippen LogP contribution in [0.15, 0.2) is 50.6 Å². The second kappa shape index (κ2) is 34.7. The highest BCUT2D eigenvalue weighted by molar-refractivity contribution is 5.82. The monoisotopic (exact) mass is 770 g/mol. The molecule has 1 rings (SSSR count). The van der Waals surface area contributed by atoms with Crippen LogP contribution in [0.25, 0.3) is 0 Å². The van der Waals surface area contributed by atoms with Crippen LogP contribution < -0.4 is 0 Å². The normalized spacial score (nSPS) is 14.0. The standard InChI is InChI=1S/C21H30O9.2C8H12O4/c1-3-17(22)26-12-7-5-9-19(24)29-16-11-14-28-21(15-16)30-20(25)10-6-8-13-27-18(23)4-2;2*1-2-8(11)12-6-4-3-5-7(9)10/h3-4,16,21H,1-2,5-15H2;2*2H,1,3-6H2,(H,9,10). The van der Waals surface area contributed by atoms with Crippen molar-refractivity contribution in [3.8, 4) is 0 Å². The molecule has 2 N–H and O–H groups in total. The van der Waals surface area contributed by atoms with E-state index in [1.165, 1.54) is 0 Å². The lowest BCUT2D eigenvalue weighted by atomic mass is 10.1. The summed E-state index contributed by atoms with van der Waals surface area (Å²) in [6, 6.07) is 0. The molecule has 2 unspecified atom stereocenters. The third-order valence-corrected chi connectivity index (χ3v) is 6.52. The van der Waals surface area contributed by atoms with Crippen LogP contribution in [0.5, 0.6) is 0 Å². The SMILES string of the molecule is C=CC(=O)OCCCCC(=O)O.C=CC(=O)OCCCCC(=O)O.C=CC(=O)OCCCCC(=O)OC1CCOC(OC(=O)CCCCOC(=O)C=C)C1. The van der Waals surface area contributed by atoms with Crippen LogP contribution in [0.3, 0.4) is 0 Å². The van der Waals surface area contributed by atoms with E-state index in [9.17, 15) is 38.4 Å². The highest BCUT2D eigenvalue weighted by atomic mass is 16.7. The van der Waals surface area contributed by atoms with E-state index >= 15 is 0 Å². The number of carboxylic acid groups (broad SMARTS) is 2. The second-order valence-corrected chi connectivity index (χ2v) is 11.0. The molecule has 0 aromatic rings. The first-order valence-electron chi connectivity index (χ1n) is 17.4. The largest absolute Gasteiger partial charge is 0.481 e. The number of carbonyl (C=O) groups excluding carboxylic acids is 6. The smallest absolute Gasteiger partial charge is 0.330 e. The van der Waals surface area contributed by atoms with Crippen LogP contribution in [0.4, 0.5) is 0 Å². The quantitative estimate of drug-likeness (QED) is 0.0538. The molecular weight excluding hydrogens is 716 g/mol. The fourth-order valence-corrected chi connectivity index (χ4v) is 3.80. The van der Waals surface area contributed by atoms with Gasteiger partial charge in [0, 0.05) is 62.8 Å². The maximum atomic E-state index is 11.9. The Balaban J connectivity index is 0. The molecule has 0 amide bonds. The summed E-state index contributed by atoms with van der Waals surface area (Å²) >= 11 is 0. The molecule has 1 saturated heterocycles. The second-order valence-electron chi connectivity index (χ2n) is 11.0. The molecule has 0 aliphatic carbocycles. The van der Waals surface area contributed by atoms with Gasteiger partial charge in [0.2, 0.25) is 6.29 Å². The van der Waals surface area contributed by atoms with Gasteiger partial charge in [-0.15, -0.1) is 0 Å². The molecule has 17 heteroatoms. The number of aliphatic carboxylic acids is 2. The Morgan fingerprint density at radius 2 is 0.852 bits per heavy atom. The first kappa shape index (κ1) is 50.8. The van der Waals surface area contributed by atoms with E-state index in [0.29, 0.717) is 64.4 Å². The number of carbonyl (C=O) groups is 8. The topological polar surface area (TPSA) is 242 Å². The Kier molecular flexibility index (Phi) is 32.7. The number of ether oxygens (including phenoxy) is 7. The van der Waals surface area contributed by atoms with Crippen LogP contribution >= 0.6 is 0 Å². The Morgan fingerprint density at radius 3 is 1.19 bits per heavy atom. The van der Waals surface area contributed by atoms with Gasteiger partial charge in [-0.1, -0.05) is 26.3 Å². The molecule has 0 radical (unpaired) electrons. The van der Waals surface area contributed by atoms with Crippen LogP contribution in [0.2, 0.25) is 0 Å². The van der Waals surface area contributed by atoms with Gasteiger partial charge in [-0.25, -0.2) is 19.2 Å². The first-order chi connectivity index (χ1) is 25.8. The molecular formula is C37H54O17. The van der Waals surface area contributed by atoms with Gasteiger partial charge in [0.25, 0.3) is 0 Å². The fourth-order valence-electron chi connectivity index (χ4n) is 3.80. The zero-order valence-electron chi connectivity index (χ0n) is 30.7. The van der Waals surface area contributed by atoms with Crippen LogP contribution in [-0.2, 0) is 71.5 Å². The van der Waals surface area contributed by atoms with Crippen molar-refractivity contribution in [1.82, 2.24) is 0 Å². The van der Waals surface area contributed by atoms with Gasteiger partial charge in [-0.3, -0.25) is 19.2 Å². The van der Waals surface area contributed by atoms with Crippen molar-refractivity contribution in [3.05, 3.63) is 50.6 Å². The Hall–Kier alpha value is -5.32. The molecule has 0 bridgehead atoms. The molecule has 1 heterocycles. The van der Waals surface area contributed by atoms with Gasteiger partial charge in [0.05, 0.1) is 33.0 Å². The summed E-state index contributed by atoms with van der Waals surface area (Å²) in [4.78, 5) is 86.6. The lowest BCUT2D eigenvalue weighted by Gasteiger charge is -2.28. The van der Waals surface area contributed by atoms with Crippen molar-refractivity contribution in [3.63, 3.8) is 0 Å². The van der Waals surface area contributed by atoms with Gasteiger partial charge in [-0.05, 0) is 51.4 Å². The van der Waals surface area contributed by atoms with E-state index in [1.807, 2.05) is 0 Å². The molecule has 1 aliphatic rings. The maximum Gasteiger partial charge on any atom is 0.330 e. The zero-order valence-corrected chi connectivity index (χ0v) is 30.7. The Bertz CT molecular complexity index is 1120. The highest BCUT2D eigenvalue weighted by Crippen LogP contribution is 2.20. The van der Waals surface area contributed by atoms with E-state index in [4.69, 9.17) is 33.9 Å². The molecule has 1 aliphatic heterocycles. The number of rotatable bonds is 26. The predicted octanol–water partition coefficient (Wildman–Crippen LogP) is 4.32. The van der Waals surface area contributed by atoms with Crippen molar-refractivity contribution in [2.75, 3.05) is 33.0 Å². The van der Waals surface area contributed by atoms with Crippen molar-refractivity contribution in [2.45, 2.75) is 102 Å². The van der Waals surface area contributed by atoms with E-state index in [-0.39, 0.29) is 70.6 Å². The number of unbranched alkanes of at least 4 members (excludes halogenated alkanes) is 4. The van der Waals surface area contributed by atoms with E-state index in [2.05, 4.69) is 35.8 Å². The number of hydrogen-bond donors (Lipinski definition) is 2. The Labute approximate surface area is 315 Å². The lowest BCUT2D eigenvalue weighted by molar-refractivity contribution is -0.202. The summed E-state index contributed by atoms with van der Waals surface area (Å²) in [6.45, 7) is 14.3. The average molecular weight is 771 g/mol. The van der Waals surface area contributed by atoms with E-state index in [0.717, 1.165) is 24.3 Å². The molecule has 0 aromatic carbocycles. The van der Waals surface area contributed by atoms with Gasteiger partial charge in [0.1, 0.15) is 6.10 Å². The number of carboxylic acids is 2. The molecule has 0 spiro atoms. The molecule has 17 nitrogen and oxygen atoms in total. The van der Waals surface area contributed by atoms with Gasteiger partial charge < -0.3 is 43.4 Å². The minimum atomic E-state index is -0.829. The van der Waals surface area contributed by atoms with Crippen molar-refractivity contribution in [2.24, 2.45) is 0 Å². The van der Waals surface area contributed by atoms with Crippen molar-refractivity contribution < 1.29 is 81.7 Å². The van der Waals surface area contributed by atoms with E-state index in [1.54, 1.807) is 0 Å². The Morgan fingerprint density at radius 1 is 0.519 bits per heavy atom. The highest BCUT2D eigenvalue weighted by Gasteiger charge is 2.28. The predicted molar refractivity (Wildman–Crippen MR) is 190 cm³/mol. The van der Waals surface area contributed by atoms with Crippen LogP contribution in [0.1, 0.15) is 89.9 Å². The lowest BCUT2D eigenvalue weighted by Crippen LogP contribution is -2.35. The fraction of sp³-hybridized carbons (Fsp3) is 0.568. The first-order valence-corrected chi connectivity index (χ1v) is 17.4. The number of hydrogen-bond acceptors (Lipinski definition) is 15. The summed E-state index contributed by atoms with van der Waals surface area (Å²) < 4.78 is 35.0. The van der Waals surface area contributed by atoms with Crippen LogP contribution in [-0.4, -0.2) is 103 Å². The summed E-state index contributed by atoms with van der Waals surface area (Å²) in [5, 5.41) is 16.5. The molecule has 0 aromatic heterocycles. The van der Waals surface area contributed by atoms with Crippen molar-refractivity contribution in [1.29, 1.82) is 0 Å². The molecule has 2 atom stereocenters. The summed E-state index contributed by atoms with van der Waals surface area (Å²) in [7, 11) is 0. The molecule has 0 saturated carbocycles. The van der Waals surface area contributed by atoms with Gasteiger partial charge in [-0.2, -0.15) is 0 Å². The van der Waals surface area contributed by atoms with Crippen molar-refractivity contribution >= 4 is 47.8 Å². The van der Waals surface area contributed by atoms with Crippen LogP contribution in [0, 0.1) is 0 Å². The molecule has 1 fully saturated rings. The van der Waals surface area contributed by atoms with E-state index < -0.39 is 48.1 Å². The summed E-state index contributed by atoms with van der Waals surface area (Å²) in [6.07, 6.45) is 8.98. The third-order valence-electron chi connectivity index (χ3n) is 6.52.